The van der Waals surface area contributed by atoms with Gasteiger partial charge in [-0.05, 0) is 75.6 Å². The number of nitrogens with zero attached hydrogens (tertiary/aromatic N) is 3. The molecule has 3 aromatic rings. The quantitative estimate of drug-likeness (QED) is 0.378. The number of hydrogen-bond donors (Lipinski definition) is 1. The summed E-state index contributed by atoms with van der Waals surface area (Å²) in [5.41, 5.74) is 1.29. The number of likely N-dealkylation sites (tertiary alicyclic amines) is 1. The van der Waals surface area contributed by atoms with E-state index in [-0.39, 0.29) is 5.82 Å². The van der Waals surface area contributed by atoms with Gasteiger partial charge in [-0.3, -0.25) is 0 Å². The summed E-state index contributed by atoms with van der Waals surface area (Å²) >= 11 is 3.20. The molecule has 4 rings (SSSR count). The summed E-state index contributed by atoms with van der Waals surface area (Å²) in [5, 5.41) is 4.29. The lowest BCUT2D eigenvalue weighted by Gasteiger charge is -2.26. The van der Waals surface area contributed by atoms with E-state index in [0.29, 0.717) is 15.9 Å². The molecule has 1 N–H and O–H groups in total. The second kappa shape index (κ2) is 9.75. The van der Waals surface area contributed by atoms with E-state index in [1.54, 1.807) is 6.07 Å². The summed E-state index contributed by atoms with van der Waals surface area (Å²) in [7, 11) is 0. The highest BCUT2D eigenvalue weighted by Gasteiger charge is 2.31. The van der Waals surface area contributed by atoms with Crippen molar-refractivity contribution in [2.24, 2.45) is 0 Å². The fourth-order valence-corrected chi connectivity index (χ4v) is 4.63. The third kappa shape index (κ3) is 5.41. The van der Waals surface area contributed by atoms with Gasteiger partial charge in [0.05, 0.1) is 11.1 Å². The number of piperidine rings is 1. The molecule has 32 heavy (non-hydrogen) atoms. The van der Waals surface area contributed by atoms with Gasteiger partial charge in [0.2, 0.25) is 0 Å². The summed E-state index contributed by atoms with van der Waals surface area (Å²) in [6.45, 7) is 6.03. The van der Waals surface area contributed by atoms with Gasteiger partial charge in [-0.15, -0.1) is 0 Å². The van der Waals surface area contributed by atoms with Crippen molar-refractivity contribution in [1.29, 1.82) is 0 Å². The Morgan fingerprint density at radius 1 is 1.06 bits per heavy atom. The molecule has 0 aliphatic carbocycles. The third-order valence-corrected chi connectivity index (χ3v) is 6.26. The molecule has 4 nitrogen and oxygen atoms in total. The first-order valence-electron chi connectivity index (χ1n) is 10.9. The van der Waals surface area contributed by atoms with Crippen molar-refractivity contribution < 1.29 is 13.2 Å². The van der Waals surface area contributed by atoms with Crippen LogP contribution in [-0.4, -0.2) is 41.0 Å². The number of benzene rings is 2. The molecule has 1 aliphatic heterocycles. The molecule has 0 amide bonds. The van der Waals surface area contributed by atoms with Gasteiger partial charge in [0.15, 0.2) is 5.82 Å². The number of anilines is 1. The molecule has 2 aromatic carbocycles. The SMILES string of the molecule is Cc1cccc2c(NCCCN3CCCCC3)nc(-c3cc(Br)cc(C(F)(F)F)c3)nc12. The summed E-state index contributed by atoms with van der Waals surface area (Å²) in [6, 6.07) is 9.62. The van der Waals surface area contributed by atoms with Gasteiger partial charge in [-0.1, -0.05) is 34.5 Å². The molecule has 0 radical (unpaired) electrons. The monoisotopic (exact) mass is 506 g/mol. The van der Waals surface area contributed by atoms with E-state index in [2.05, 4.69) is 36.1 Å². The number of aryl methyl sites for hydroxylation is 1. The highest BCUT2D eigenvalue weighted by atomic mass is 79.9. The van der Waals surface area contributed by atoms with Crippen molar-refractivity contribution in [1.82, 2.24) is 14.9 Å². The van der Waals surface area contributed by atoms with Crippen LogP contribution in [0.25, 0.3) is 22.3 Å². The van der Waals surface area contributed by atoms with Crippen molar-refractivity contribution in [3.63, 3.8) is 0 Å². The van der Waals surface area contributed by atoms with Crippen molar-refractivity contribution in [3.8, 4) is 11.4 Å². The second-order valence-corrected chi connectivity index (χ2v) is 9.19. The number of aromatic nitrogens is 2. The van der Waals surface area contributed by atoms with Gasteiger partial charge >= 0.3 is 6.18 Å². The van der Waals surface area contributed by atoms with E-state index in [1.807, 2.05) is 25.1 Å². The zero-order chi connectivity index (χ0) is 22.7. The number of fused-ring (bicyclic) bond motifs is 1. The molecule has 0 unspecified atom stereocenters. The number of rotatable bonds is 6. The van der Waals surface area contributed by atoms with Crippen LogP contribution in [0.1, 0.15) is 36.8 Å². The largest absolute Gasteiger partial charge is 0.416 e. The average molecular weight is 507 g/mol. The predicted molar refractivity (Wildman–Crippen MR) is 126 cm³/mol. The number of halogens is 4. The third-order valence-electron chi connectivity index (χ3n) is 5.80. The van der Waals surface area contributed by atoms with E-state index in [1.165, 1.54) is 19.3 Å². The van der Waals surface area contributed by atoms with Crippen molar-refractivity contribution >= 4 is 32.7 Å². The molecule has 0 saturated carbocycles. The average Bonchev–Trinajstić information content (AvgIpc) is 2.76. The first-order chi connectivity index (χ1) is 15.3. The summed E-state index contributed by atoms with van der Waals surface area (Å²) < 4.78 is 40.4. The Hall–Kier alpha value is -2.19. The van der Waals surface area contributed by atoms with E-state index in [4.69, 9.17) is 0 Å². The first-order valence-corrected chi connectivity index (χ1v) is 11.7. The minimum Gasteiger partial charge on any atom is -0.369 e. The van der Waals surface area contributed by atoms with Crippen LogP contribution in [0, 0.1) is 6.92 Å². The summed E-state index contributed by atoms with van der Waals surface area (Å²) in [4.78, 5) is 11.7. The number of nitrogens with one attached hydrogen (secondary N) is 1. The molecule has 0 bridgehead atoms. The maximum Gasteiger partial charge on any atom is 0.416 e. The highest BCUT2D eigenvalue weighted by Crippen LogP contribution is 2.35. The molecule has 8 heteroatoms. The molecule has 170 valence electrons. The first kappa shape index (κ1) is 23.0. The van der Waals surface area contributed by atoms with Crippen LogP contribution >= 0.6 is 15.9 Å². The fourth-order valence-electron chi connectivity index (χ4n) is 4.13. The fraction of sp³-hybridized carbons (Fsp3) is 0.417. The second-order valence-electron chi connectivity index (χ2n) is 8.28. The molecule has 0 atom stereocenters. The van der Waals surface area contributed by atoms with Crippen LogP contribution in [-0.2, 0) is 6.18 Å². The maximum absolute atomic E-state index is 13.3. The van der Waals surface area contributed by atoms with Crippen molar-refractivity contribution in [2.45, 2.75) is 38.8 Å². The topological polar surface area (TPSA) is 41.0 Å². The maximum atomic E-state index is 13.3. The standard InChI is InChI=1S/C24H26BrF3N4/c1-16-7-5-8-20-21(16)30-22(17-13-18(24(26,27)28)15-19(25)14-17)31-23(20)29-9-6-12-32-10-3-2-4-11-32/h5,7-8,13-15H,2-4,6,9-12H2,1H3,(H,29,30,31). The smallest absolute Gasteiger partial charge is 0.369 e. The summed E-state index contributed by atoms with van der Waals surface area (Å²) in [6.07, 6.45) is 0.371. The minimum absolute atomic E-state index is 0.275. The number of para-hydroxylation sites is 1. The van der Waals surface area contributed by atoms with Gasteiger partial charge in [-0.25, -0.2) is 9.97 Å². The molecule has 1 aromatic heterocycles. The lowest BCUT2D eigenvalue weighted by molar-refractivity contribution is -0.137. The predicted octanol–water partition coefficient (Wildman–Crippen LogP) is 6.67. The van der Waals surface area contributed by atoms with Crippen LogP contribution in [0.4, 0.5) is 19.0 Å². The molecule has 2 heterocycles. The summed E-state index contributed by atoms with van der Waals surface area (Å²) in [5.74, 6) is 0.929. The zero-order valence-electron chi connectivity index (χ0n) is 18.0. The molecule has 1 aliphatic rings. The normalized spacial score (nSPS) is 15.3. The van der Waals surface area contributed by atoms with Crippen LogP contribution in [0.2, 0.25) is 0 Å². The Balaban J connectivity index is 1.63. The van der Waals surface area contributed by atoms with E-state index in [9.17, 15) is 13.2 Å². The lowest BCUT2D eigenvalue weighted by Crippen LogP contribution is -2.31. The van der Waals surface area contributed by atoms with Crippen molar-refractivity contribution in [2.75, 3.05) is 31.5 Å². The van der Waals surface area contributed by atoms with Crippen LogP contribution in [0.3, 0.4) is 0 Å². The van der Waals surface area contributed by atoms with E-state index < -0.39 is 11.7 Å². The molecule has 1 saturated heterocycles. The van der Waals surface area contributed by atoms with Crippen LogP contribution in [0.5, 0.6) is 0 Å². The van der Waals surface area contributed by atoms with Gasteiger partial charge in [0.1, 0.15) is 5.82 Å². The minimum atomic E-state index is -4.44. The Morgan fingerprint density at radius 3 is 2.59 bits per heavy atom. The Labute approximate surface area is 194 Å². The van der Waals surface area contributed by atoms with E-state index in [0.717, 1.165) is 61.2 Å². The Kier molecular flexibility index (Phi) is 7.00. The number of alkyl halides is 3. The van der Waals surface area contributed by atoms with Crippen LogP contribution in [0.15, 0.2) is 40.9 Å². The lowest BCUT2D eigenvalue weighted by atomic mass is 10.1. The molecule has 1 fully saturated rings. The van der Waals surface area contributed by atoms with E-state index >= 15 is 0 Å². The van der Waals surface area contributed by atoms with Gasteiger partial charge < -0.3 is 10.2 Å². The Bertz CT molecular complexity index is 1090. The molecular weight excluding hydrogens is 481 g/mol. The highest BCUT2D eigenvalue weighted by molar-refractivity contribution is 9.10. The molecular formula is C24H26BrF3N4. The van der Waals surface area contributed by atoms with Crippen molar-refractivity contribution in [3.05, 3.63) is 52.0 Å². The van der Waals surface area contributed by atoms with Gasteiger partial charge in [0, 0.05) is 22.0 Å². The van der Waals surface area contributed by atoms with Crippen LogP contribution < -0.4 is 5.32 Å². The van der Waals surface area contributed by atoms with Gasteiger partial charge in [0.25, 0.3) is 0 Å². The zero-order valence-corrected chi connectivity index (χ0v) is 19.6. The Morgan fingerprint density at radius 2 is 1.84 bits per heavy atom. The van der Waals surface area contributed by atoms with Gasteiger partial charge in [-0.2, -0.15) is 13.2 Å². The molecule has 0 spiro atoms. The number of hydrogen-bond acceptors (Lipinski definition) is 4.